The van der Waals surface area contributed by atoms with E-state index >= 15 is 0 Å². The average molecular weight is 391 g/mol. The largest absolute Gasteiger partial charge is 0.325 e. The molecule has 1 N–H and O–H groups in total. The van der Waals surface area contributed by atoms with E-state index in [9.17, 15) is 9.59 Å². The van der Waals surface area contributed by atoms with Gasteiger partial charge in [0, 0.05) is 30.2 Å². The summed E-state index contributed by atoms with van der Waals surface area (Å²) in [6.45, 7) is 5.66. The molecule has 4 aromatic rings. The number of hydrogen-bond acceptors (Lipinski definition) is 5. The SMILES string of the molecule is Cc1ccc(NC(=O)Cn2c(C)cc(=O)n3nc(-c4cnn(C)c4C)nc23)cc1. The highest BCUT2D eigenvalue weighted by Gasteiger charge is 2.18. The Kier molecular flexibility index (Phi) is 4.50. The third kappa shape index (κ3) is 3.42. The number of nitrogens with one attached hydrogen (secondary N) is 1. The average Bonchev–Trinajstić information content (AvgIpc) is 3.25. The second-order valence-electron chi connectivity index (χ2n) is 7.04. The molecular weight excluding hydrogens is 370 g/mol. The Hall–Kier alpha value is -3.75. The molecule has 1 amide bonds. The van der Waals surface area contributed by atoms with Gasteiger partial charge in [-0.2, -0.15) is 14.6 Å². The summed E-state index contributed by atoms with van der Waals surface area (Å²) in [5, 5.41) is 11.4. The van der Waals surface area contributed by atoms with Crippen LogP contribution in [0.3, 0.4) is 0 Å². The van der Waals surface area contributed by atoms with Crippen molar-refractivity contribution in [2.24, 2.45) is 7.05 Å². The number of rotatable bonds is 4. The molecule has 0 unspecified atom stereocenters. The molecule has 148 valence electrons. The third-order valence-electron chi connectivity index (χ3n) is 4.91. The van der Waals surface area contributed by atoms with Crippen LogP contribution in [0.1, 0.15) is 17.0 Å². The van der Waals surface area contributed by atoms with Crippen molar-refractivity contribution in [3.8, 4) is 11.4 Å². The van der Waals surface area contributed by atoms with Gasteiger partial charge < -0.3 is 9.88 Å². The lowest BCUT2D eigenvalue weighted by Gasteiger charge is -2.11. The quantitative estimate of drug-likeness (QED) is 0.572. The number of amides is 1. The smallest absolute Gasteiger partial charge is 0.275 e. The molecule has 0 atom stereocenters. The fraction of sp³-hybridized carbons (Fsp3) is 0.250. The molecule has 9 nitrogen and oxygen atoms in total. The number of anilines is 1. The molecule has 0 aliphatic carbocycles. The number of carbonyl (C=O) groups is 1. The molecule has 0 saturated heterocycles. The van der Waals surface area contributed by atoms with E-state index in [0.717, 1.165) is 16.8 Å². The van der Waals surface area contributed by atoms with Crippen LogP contribution in [0.15, 0.2) is 41.3 Å². The fourth-order valence-electron chi connectivity index (χ4n) is 3.11. The van der Waals surface area contributed by atoms with Crippen molar-refractivity contribution in [1.29, 1.82) is 0 Å². The monoisotopic (exact) mass is 391 g/mol. The van der Waals surface area contributed by atoms with E-state index in [1.54, 1.807) is 22.4 Å². The molecular formula is C20H21N7O2. The maximum absolute atomic E-state index is 12.6. The molecule has 0 fully saturated rings. The van der Waals surface area contributed by atoms with Crippen LogP contribution in [0.4, 0.5) is 5.69 Å². The summed E-state index contributed by atoms with van der Waals surface area (Å²) in [6.07, 6.45) is 1.66. The summed E-state index contributed by atoms with van der Waals surface area (Å²) >= 11 is 0. The van der Waals surface area contributed by atoms with Gasteiger partial charge in [-0.05, 0) is 32.9 Å². The molecule has 0 radical (unpaired) electrons. The zero-order valence-electron chi connectivity index (χ0n) is 16.7. The van der Waals surface area contributed by atoms with E-state index < -0.39 is 0 Å². The summed E-state index contributed by atoms with van der Waals surface area (Å²) in [5.74, 6) is 0.489. The Morgan fingerprint density at radius 3 is 2.52 bits per heavy atom. The minimum absolute atomic E-state index is 0.00758. The van der Waals surface area contributed by atoms with Gasteiger partial charge in [0.25, 0.3) is 5.56 Å². The number of carbonyl (C=O) groups excluding carboxylic acids is 1. The Morgan fingerprint density at radius 2 is 1.86 bits per heavy atom. The zero-order chi connectivity index (χ0) is 20.7. The minimum atomic E-state index is -0.298. The molecule has 3 aromatic heterocycles. The lowest BCUT2D eigenvalue weighted by atomic mass is 10.2. The van der Waals surface area contributed by atoms with Gasteiger partial charge in [-0.1, -0.05) is 17.7 Å². The Balaban J connectivity index is 1.72. The predicted molar refractivity (Wildman–Crippen MR) is 109 cm³/mol. The van der Waals surface area contributed by atoms with Gasteiger partial charge in [-0.25, -0.2) is 0 Å². The standard InChI is InChI=1S/C20H21N7O2/c1-12-5-7-15(8-6-12)22-17(28)11-26-13(2)9-18(29)27-20(26)23-19(24-27)16-10-21-25(4)14(16)3/h5-10H,11H2,1-4H3,(H,22,28). The maximum atomic E-state index is 12.6. The van der Waals surface area contributed by atoms with Crippen molar-refractivity contribution in [3.63, 3.8) is 0 Å². The first-order valence-corrected chi connectivity index (χ1v) is 9.16. The number of aryl methyl sites for hydroxylation is 3. The van der Waals surface area contributed by atoms with Crippen LogP contribution in [0.2, 0.25) is 0 Å². The summed E-state index contributed by atoms with van der Waals surface area (Å²) in [7, 11) is 1.83. The maximum Gasteiger partial charge on any atom is 0.275 e. The van der Waals surface area contributed by atoms with Crippen LogP contribution in [0, 0.1) is 20.8 Å². The van der Waals surface area contributed by atoms with Gasteiger partial charge >= 0.3 is 0 Å². The summed E-state index contributed by atoms with van der Waals surface area (Å²) in [5.41, 5.74) is 3.78. The number of nitrogens with zero attached hydrogens (tertiary/aromatic N) is 6. The first-order valence-electron chi connectivity index (χ1n) is 9.16. The summed E-state index contributed by atoms with van der Waals surface area (Å²) < 4.78 is 4.61. The Labute approximate surface area is 166 Å². The van der Waals surface area contributed by atoms with Crippen LogP contribution in [-0.4, -0.2) is 34.9 Å². The molecule has 0 spiro atoms. The molecule has 9 heteroatoms. The Bertz CT molecular complexity index is 1280. The van der Waals surface area contributed by atoms with Crippen molar-refractivity contribution in [2.75, 3.05) is 5.32 Å². The highest BCUT2D eigenvalue weighted by Crippen LogP contribution is 2.19. The van der Waals surface area contributed by atoms with Crippen molar-refractivity contribution in [3.05, 3.63) is 63.8 Å². The Morgan fingerprint density at radius 1 is 1.14 bits per heavy atom. The molecule has 3 heterocycles. The van der Waals surface area contributed by atoms with Crippen molar-refractivity contribution < 1.29 is 4.79 Å². The lowest BCUT2D eigenvalue weighted by Crippen LogP contribution is -2.25. The number of aromatic nitrogens is 6. The normalized spacial score (nSPS) is 11.2. The predicted octanol–water partition coefficient (Wildman–Crippen LogP) is 1.86. The van der Waals surface area contributed by atoms with Gasteiger partial charge in [0.15, 0.2) is 5.82 Å². The number of hydrogen-bond donors (Lipinski definition) is 1. The van der Waals surface area contributed by atoms with E-state index in [4.69, 9.17) is 0 Å². The second-order valence-corrected chi connectivity index (χ2v) is 7.04. The highest BCUT2D eigenvalue weighted by molar-refractivity contribution is 5.90. The molecule has 1 aromatic carbocycles. The zero-order valence-corrected chi connectivity index (χ0v) is 16.7. The first-order chi connectivity index (χ1) is 13.8. The summed E-state index contributed by atoms with van der Waals surface area (Å²) in [6, 6.07) is 9.00. The van der Waals surface area contributed by atoms with Gasteiger partial charge in [-0.3, -0.25) is 14.3 Å². The van der Waals surface area contributed by atoms with Gasteiger partial charge in [0.05, 0.1) is 11.8 Å². The van der Waals surface area contributed by atoms with Gasteiger partial charge in [-0.15, -0.1) is 5.10 Å². The molecule has 0 aliphatic rings. The minimum Gasteiger partial charge on any atom is -0.325 e. The van der Waals surface area contributed by atoms with Gasteiger partial charge in [0.1, 0.15) is 6.54 Å². The van der Waals surface area contributed by atoms with Crippen LogP contribution < -0.4 is 10.9 Å². The van der Waals surface area contributed by atoms with Crippen molar-refractivity contribution >= 4 is 17.4 Å². The molecule has 0 aliphatic heterocycles. The van der Waals surface area contributed by atoms with E-state index in [0.29, 0.717) is 23.0 Å². The number of fused-ring (bicyclic) bond motifs is 1. The van der Waals surface area contributed by atoms with Crippen molar-refractivity contribution in [1.82, 2.24) is 28.9 Å². The molecule has 0 saturated carbocycles. The van der Waals surface area contributed by atoms with E-state index in [1.165, 1.54) is 10.6 Å². The molecule has 29 heavy (non-hydrogen) atoms. The van der Waals surface area contributed by atoms with E-state index in [1.807, 2.05) is 45.2 Å². The van der Waals surface area contributed by atoms with Crippen LogP contribution in [-0.2, 0) is 18.4 Å². The first kappa shape index (κ1) is 18.6. The van der Waals surface area contributed by atoms with Crippen LogP contribution >= 0.6 is 0 Å². The fourth-order valence-corrected chi connectivity index (χ4v) is 3.11. The second kappa shape index (κ2) is 7.01. The summed E-state index contributed by atoms with van der Waals surface area (Å²) in [4.78, 5) is 29.6. The van der Waals surface area contributed by atoms with E-state index in [-0.39, 0.29) is 18.0 Å². The lowest BCUT2D eigenvalue weighted by molar-refractivity contribution is -0.116. The highest BCUT2D eigenvalue weighted by atomic mass is 16.2. The molecule has 0 bridgehead atoms. The van der Waals surface area contributed by atoms with Crippen LogP contribution in [0.5, 0.6) is 0 Å². The van der Waals surface area contributed by atoms with Crippen LogP contribution in [0.25, 0.3) is 17.2 Å². The molecule has 4 rings (SSSR count). The van der Waals surface area contributed by atoms with Gasteiger partial charge in [0.2, 0.25) is 11.7 Å². The van der Waals surface area contributed by atoms with Crippen molar-refractivity contribution in [2.45, 2.75) is 27.3 Å². The van der Waals surface area contributed by atoms with E-state index in [2.05, 4.69) is 20.5 Å². The third-order valence-corrected chi connectivity index (χ3v) is 4.91. The number of benzene rings is 1. The topological polar surface area (TPSA) is 99.1 Å².